The first-order chi connectivity index (χ1) is 5.22. The van der Waals surface area contributed by atoms with Gasteiger partial charge in [0.15, 0.2) is 0 Å². The molecule has 0 fully saturated rings. The van der Waals surface area contributed by atoms with E-state index in [0.717, 1.165) is 11.3 Å². The van der Waals surface area contributed by atoms with Crippen molar-refractivity contribution in [3.8, 4) is 0 Å². The normalized spacial score (nSPS) is 12.1. The zero-order chi connectivity index (χ0) is 8.27. The quantitative estimate of drug-likeness (QED) is 0.669. The summed E-state index contributed by atoms with van der Waals surface area (Å²) in [5.41, 5.74) is 0. The van der Waals surface area contributed by atoms with Crippen LogP contribution in [0.4, 0.5) is 0 Å². The van der Waals surface area contributed by atoms with Gasteiger partial charge in [-0.1, -0.05) is 6.08 Å². The Morgan fingerprint density at radius 3 is 2.82 bits per heavy atom. The molecule has 0 spiro atoms. The van der Waals surface area contributed by atoms with E-state index in [4.69, 9.17) is 0 Å². The molecule has 0 radical (unpaired) electrons. The van der Waals surface area contributed by atoms with E-state index in [1.165, 1.54) is 9.75 Å². The molecule has 0 aliphatic carbocycles. The molecule has 1 aromatic heterocycles. The van der Waals surface area contributed by atoms with Crippen molar-refractivity contribution in [2.45, 2.75) is 20.3 Å². The van der Waals surface area contributed by atoms with Crippen LogP contribution < -0.4 is 0 Å². The maximum atomic E-state index is 4.32. The van der Waals surface area contributed by atoms with Crippen LogP contribution in [0.2, 0.25) is 0 Å². The zero-order valence-corrected chi connectivity index (χ0v) is 8.51. The van der Waals surface area contributed by atoms with Gasteiger partial charge < -0.3 is 0 Å². The van der Waals surface area contributed by atoms with Crippen LogP contribution in [0, 0.1) is 6.92 Å². The van der Waals surface area contributed by atoms with E-state index >= 15 is 0 Å². The maximum Gasteiger partial charge on any atom is 0.0123 e. The molecule has 0 unspecified atom stereocenters. The van der Waals surface area contributed by atoms with Crippen molar-refractivity contribution in [1.29, 1.82) is 0 Å². The lowest BCUT2D eigenvalue weighted by molar-refractivity contribution is 1.30. The molecule has 1 rings (SSSR count). The van der Waals surface area contributed by atoms with Crippen molar-refractivity contribution in [3.05, 3.63) is 32.9 Å². The summed E-state index contributed by atoms with van der Waals surface area (Å²) in [6, 6.07) is 4.32. The van der Waals surface area contributed by atoms with Gasteiger partial charge in [0.2, 0.25) is 0 Å². The zero-order valence-electron chi connectivity index (χ0n) is 6.79. The number of aryl methyl sites for hydroxylation is 1. The molecular weight excluding hydrogens is 172 g/mol. The molecule has 0 saturated heterocycles. The standard InChI is InChI=1S/C9H12S2/c1-3-8(10)6-9-5-4-7(2)11-9/h3-5,10H,6H2,1-2H3/b8-3-. The van der Waals surface area contributed by atoms with Gasteiger partial charge in [-0.25, -0.2) is 0 Å². The molecule has 0 nitrogen and oxygen atoms in total. The summed E-state index contributed by atoms with van der Waals surface area (Å²) < 4.78 is 0. The summed E-state index contributed by atoms with van der Waals surface area (Å²) in [5, 5.41) is 0. The maximum absolute atomic E-state index is 4.32. The lowest BCUT2D eigenvalue weighted by Crippen LogP contribution is -1.76. The highest BCUT2D eigenvalue weighted by Gasteiger charge is 1.96. The largest absolute Gasteiger partial charge is 0.148 e. The average molecular weight is 184 g/mol. The van der Waals surface area contributed by atoms with Crippen LogP contribution in [-0.4, -0.2) is 0 Å². The lowest BCUT2D eigenvalue weighted by atomic mass is 10.3. The topological polar surface area (TPSA) is 0 Å². The summed E-state index contributed by atoms with van der Waals surface area (Å²) in [4.78, 5) is 3.91. The molecule has 0 aliphatic heterocycles. The van der Waals surface area contributed by atoms with Gasteiger partial charge in [0, 0.05) is 16.2 Å². The van der Waals surface area contributed by atoms with E-state index in [0.29, 0.717) is 0 Å². The first-order valence-corrected chi connectivity index (χ1v) is 4.88. The lowest BCUT2D eigenvalue weighted by Gasteiger charge is -1.93. The van der Waals surface area contributed by atoms with Gasteiger partial charge in [-0.15, -0.1) is 24.0 Å². The third-order valence-electron chi connectivity index (χ3n) is 1.48. The monoisotopic (exact) mass is 184 g/mol. The highest BCUT2D eigenvalue weighted by atomic mass is 32.1. The Kier molecular flexibility index (Phi) is 3.21. The van der Waals surface area contributed by atoms with Gasteiger partial charge in [0.25, 0.3) is 0 Å². The second kappa shape index (κ2) is 3.98. The first kappa shape index (κ1) is 8.88. The second-order valence-corrected chi connectivity index (χ2v) is 4.42. The van der Waals surface area contributed by atoms with Crippen molar-refractivity contribution in [2.75, 3.05) is 0 Å². The predicted octanol–water partition coefficient (Wildman–Crippen LogP) is 3.43. The van der Waals surface area contributed by atoms with Gasteiger partial charge in [-0.2, -0.15) is 0 Å². The molecule has 1 heterocycles. The first-order valence-electron chi connectivity index (χ1n) is 3.62. The Labute approximate surface area is 77.4 Å². The highest BCUT2D eigenvalue weighted by molar-refractivity contribution is 7.84. The fourth-order valence-corrected chi connectivity index (χ4v) is 2.05. The SMILES string of the molecule is C/C=C(\S)Cc1ccc(C)s1. The van der Waals surface area contributed by atoms with Crippen molar-refractivity contribution in [1.82, 2.24) is 0 Å². The average Bonchev–Trinajstić information content (AvgIpc) is 2.35. The van der Waals surface area contributed by atoms with Crippen LogP contribution in [0.3, 0.4) is 0 Å². The van der Waals surface area contributed by atoms with Gasteiger partial charge in [-0.05, 0) is 30.9 Å². The summed E-state index contributed by atoms with van der Waals surface area (Å²) >= 11 is 6.16. The van der Waals surface area contributed by atoms with E-state index in [2.05, 4.69) is 31.7 Å². The highest BCUT2D eigenvalue weighted by Crippen LogP contribution is 2.19. The van der Waals surface area contributed by atoms with Gasteiger partial charge >= 0.3 is 0 Å². The molecule has 1 aromatic rings. The molecule has 60 valence electrons. The minimum atomic E-state index is 0.984. The Bertz CT molecular complexity index is 258. The van der Waals surface area contributed by atoms with E-state index in [9.17, 15) is 0 Å². The molecule has 0 saturated carbocycles. The Morgan fingerprint density at radius 1 is 1.64 bits per heavy atom. The van der Waals surface area contributed by atoms with Gasteiger partial charge in [0.1, 0.15) is 0 Å². The van der Waals surface area contributed by atoms with Crippen LogP contribution in [0.25, 0.3) is 0 Å². The van der Waals surface area contributed by atoms with Crippen LogP contribution in [-0.2, 0) is 6.42 Å². The fraction of sp³-hybridized carbons (Fsp3) is 0.333. The molecule has 0 atom stereocenters. The molecule has 0 amide bonds. The van der Waals surface area contributed by atoms with Crippen LogP contribution in [0.15, 0.2) is 23.1 Å². The molecule has 11 heavy (non-hydrogen) atoms. The Morgan fingerprint density at radius 2 is 2.36 bits per heavy atom. The van der Waals surface area contributed by atoms with Crippen LogP contribution >= 0.6 is 24.0 Å². The molecule has 2 heteroatoms. The van der Waals surface area contributed by atoms with E-state index in [-0.39, 0.29) is 0 Å². The molecule has 0 aliphatic rings. The number of allylic oxidation sites excluding steroid dienone is 2. The van der Waals surface area contributed by atoms with E-state index in [1.807, 2.05) is 24.3 Å². The van der Waals surface area contributed by atoms with Crippen LogP contribution in [0.5, 0.6) is 0 Å². The van der Waals surface area contributed by atoms with Crippen molar-refractivity contribution in [3.63, 3.8) is 0 Å². The number of thiophene rings is 1. The van der Waals surface area contributed by atoms with Gasteiger partial charge in [0.05, 0.1) is 0 Å². The van der Waals surface area contributed by atoms with Gasteiger partial charge in [-0.3, -0.25) is 0 Å². The molecular formula is C9H12S2. The number of thiol groups is 1. The fourth-order valence-electron chi connectivity index (χ4n) is 0.861. The number of rotatable bonds is 2. The number of hydrogen-bond donors (Lipinski definition) is 1. The predicted molar refractivity (Wildman–Crippen MR) is 55.5 cm³/mol. The molecule has 0 N–H and O–H groups in total. The van der Waals surface area contributed by atoms with Crippen molar-refractivity contribution in [2.24, 2.45) is 0 Å². The van der Waals surface area contributed by atoms with E-state index in [1.54, 1.807) is 0 Å². The van der Waals surface area contributed by atoms with Crippen molar-refractivity contribution < 1.29 is 0 Å². The molecule has 0 bridgehead atoms. The molecule has 0 aromatic carbocycles. The Balaban J connectivity index is 2.65. The smallest absolute Gasteiger partial charge is 0.0123 e. The summed E-state index contributed by atoms with van der Waals surface area (Å²) in [6.45, 7) is 4.14. The minimum Gasteiger partial charge on any atom is -0.148 e. The minimum absolute atomic E-state index is 0.984. The van der Waals surface area contributed by atoms with E-state index < -0.39 is 0 Å². The van der Waals surface area contributed by atoms with Crippen LogP contribution in [0.1, 0.15) is 16.7 Å². The number of hydrogen-bond acceptors (Lipinski definition) is 2. The van der Waals surface area contributed by atoms with Crippen molar-refractivity contribution >= 4 is 24.0 Å². The second-order valence-electron chi connectivity index (χ2n) is 2.47. The summed E-state index contributed by atoms with van der Waals surface area (Å²) in [5.74, 6) is 0. The summed E-state index contributed by atoms with van der Waals surface area (Å²) in [6.07, 6.45) is 3.02. The third kappa shape index (κ3) is 2.72. The Hall–Kier alpha value is -0.210. The third-order valence-corrected chi connectivity index (χ3v) is 2.90. The summed E-state index contributed by atoms with van der Waals surface area (Å²) in [7, 11) is 0.